The molecule has 20 heavy (non-hydrogen) atoms. The third-order valence-electron chi connectivity index (χ3n) is 4.67. The molecular formula is C15H22N2O2S. The van der Waals surface area contributed by atoms with Gasteiger partial charge in [0.1, 0.15) is 0 Å². The maximum absolute atomic E-state index is 11.5. The number of piperidine rings is 1. The Kier molecular flexibility index (Phi) is 3.50. The van der Waals surface area contributed by atoms with Crippen LogP contribution in [0.25, 0.3) is 0 Å². The summed E-state index contributed by atoms with van der Waals surface area (Å²) in [6.45, 7) is 0. The van der Waals surface area contributed by atoms with Gasteiger partial charge < -0.3 is 10.2 Å². The van der Waals surface area contributed by atoms with Gasteiger partial charge in [0, 0.05) is 37.1 Å². The average molecular weight is 294 g/mol. The Hall–Kier alpha value is -1.07. The first-order valence-corrected chi connectivity index (χ1v) is 9.11. The minimum atomic E-state index is -3.11. The number of sulfone groups is 1. The molecule has 1 N–H and O–H groups in total. The van der Waals surface area contributed by atoms with Crippen LogP contribution in [0.5, 0.6) is 0 Å². The Labute approximate surface area is 121 Å². The molecule has 1 aromatic rings. The van der Waals surface area contributed by atoms with Crippen LogP contribution in [0, 0.1) is 0 Å². The van der Waals surface area contributed by atoms with E-state index in [-0.39, 0.29) is 0 Å². The van der Waals surface area contributed by atoms with Crippen LogP contribution in [-0.2, 0) is 9.84 Å². The second kappa shape index (κ2) is 5.04. The van der Waals surface area contributed by atoms with Gasteiger partial charge in [0.15, 0.2) is 9.84 Å². The Morgan fingerprint density at radius 2 is 1.65 bits per heavy atom. The van der Waals surface area contributed by atoms with E-state index >= 15 is 0 Å². The molecule has 0 spiro atoms. The maximum atomic E-state index is 11.5. The van der Waals surface area contributed by atoms with E-state index in [0.717, 1.165) is 5.69 Å². The zero-order chi connectivity index (χ0) is 14.3. The topological polar surface area (TPSA) is 49.4 Å². The zero-order valence-electron chi connectivity index (χ0n) is 12.0. The van der Waals surface area contributed by atoms with E-state index in [0.29, 0.717) is 23.0 Å². The predicted molar refractivity (Wildman–Crippen MR) is 80.9 cm³/mol. The van der Waals surface area contributed by atoms with E-state index in [2.05, 4.69) is 17.3 Å². The fraction of sp³-hybridized carbons (Fsp3) is 0.600. The van der Waals surface area contributed by atoms with Crippen molar-refractivity contribution in [2.75, 3.05) is 18.2 Å². The number of anilines is 1. The lowest BCUT2D eigenvalue weighted by atomic mass is 9.98. The normalized spacial score (nSPS) is 29.4. The molecule has 5 heteroatoms. The van der Waals surface area contributed by atoms with Crippen molar-refractivity contribution in [1.29, 1.82) is 0 Å². The zero-order valence-corrected chi connectivity index (χ0v) is 12.9. The summed E-state index contributed by atoms with van der Waals surface area (Å²) in [5.41, 5.74) is 1.10. The van der Waals surface area contributed by atoms with Crippen molar-refractivity contribution in [3.05, 3.63) is 24.3 Å². The van der Waals surface area contributed by atoms with Crippen LogP contribution in [0.3, 0.4) is 0 Å². The first kappa shape index (κ1) is 13.9. The molecule has 2 aliphatic heterocycles. The largest absolute Gasteiger partial charge is 0.371 e. The Balaban J connectivity index is 1.75. The highest BCUT2D eigenvalue weighted by Gasteiger charge is 2.35. The van der Waals surface area contributed by atoms with Crippen LogP contribution < -0.4 is 10.2 Å². The highest BCUT2D eigenvalue weighted by atomic mass is 32.2. The van der Waals surface area contributed by atoms with Gasteiger partial charge in [0.2, 0.25) is 0 Å². The Morgan fingerprint density at radius 3 is 2.15 bits per heavy atom. The third kappa shape index (κ3) is 2.69. The van der Waals surface area contributed by atoms with Crippen molar-refractivity contribution >= 4 is 15.5 Å². The lowest BCUT2D eigenvalue weighted by Gasteiger charge is -2.37. The molecule has 0 aliphatic carbocycles. The summed E-state index contributed by atoms with van der Waals surface area (Å²) < 4.78 is 23.0. The number of hydrogen-bond acceptors (Lipinski definition) is 4. The number of benzene rings is 1. The van der Waals surface area contributed by atoms with Crippen molar-refractivity contribution in [2.24, 2.45) is 0 Å². The Morgan fingerprint density at radius 1 is 1.10 bits per heavy atom. The minimum Gasteiger partial charge on any atom is -0.371 e. The summed E-state index contributed by atoms with van der Waals surface area (Å²) in [4.78, 5) is 2.69. The van der Waals surface area contributed by atoms with E-state index in [1.54, 1.807) is 12.1 Å². The van der Waals surface area contributed by atoms with Gasteiger partial charge in [-0.2, -0.15) is 0 Å². The van der Waals surface area contributed by atoms with Gasteiger partial charge in [0.25, 0.3) is 0 Å². The number of rotatable bonds is 3. The molecule has 0 saturated carbocycles. The highest BCUT2D eigenvalue weighted by Crippen LogP contribution is 2.31. The first-order chi connectivity index (χ1) is 9.43. The average Bonchev–Trinajstić information content (AvgIpc) is 2.76. The minimum absolute atomic E-state index is 0.389. The molecule has 4 nitrogen and oxygen atoms in total. The standard InChI is InChI=1S/C15H22N2O2S/c1-17(14-9-11-3-4-12(10-14)16-11)13-5-7-15(8-6-13)20(2,18)19/h5-8,11-12,14,16H,3-4,9-10H2,1-2H3. The molecule has 2 bridgehead atoms. The monoisotopic (exact) mass is 294 g/mol. The van der Waals surface area contributed by atoms with Gasteiger partial charge in [-0.15, -0.1) is 0 Å². The molecule has 0 amide bonds. The van der Waals surface area contributed by atoms with Crippen LogP contribution in [0.15, 0.2) is 29.2 Å². The molecule has 0 aromatic heterocycles. The van der Waals surface area contributed by atoms with Crippen molar-refractivity contribution in [1.82, 2.24) is 5.32 Å². The van der Waals surface area contributed by atoms with E-state index < -0.39 is 9.84 Å². The van der Waals surface area contributed by atoms with Crippen molar-refractivity contribution in [3.8, 4) is 0 Å². The second-order valence-corrected chi connectivity index (χ2v) is 8.16. The lowest BCUT2D eigenvalue weighted by Crippen LogP contribution is -2.47. The van der Waals surface area contributed by atoms with Gasteiger partial charge in [-0.25, -0.2) is 8.42 Å². The van der Waals surface area contributed by atoms with E-state index in [1.807, 2.05) is 12.1 Å². The Bertz CT molecular complexity index is 570. The van der Waals surface area contributed by atoms with Crippen LogP contribution in [0.1, 0.15) is 25.7 Å². The summed E-state index contributed by atoms with van der Waals surface area (Å²) >= 11 is 0. The second-order valence-electron chi connectivity index (χ2n) is 6.14. The molecule has 1 aromatic carbocycles. The van der Waals surface area contributed by atoms with Crippen LogP contribution >= 0.6 is 0 Å². The molecule has 2 atom stereocenters. The summed E-state index contributed by atoms with van der Waals surface area (Å²) in [5.74, 6) is 0. The third-order valence-corrected chi connectivity index (χ3v) is 5.80. The number of hydrogen-bond donors (Lipinski definition) is 1. The molecule has 110 valence electrons. The van der Waals surface area contributed by atoms with Gasteiger partial charge in [-0.05, 0) is 49.9 Å². The summed E-state index contributed by atoms with van der Waals surface area (Å²) in [6, 6.07) is 9.12. The van der Waals surface area contributed by atoms with E-state index in [4.69, 9.17) is 0 Å². The summed E-state index contributed by atoms with van der Waals surface area (Å²) in [5, 5.41) is 3.65. The van der Waals surface area contributed by atoms with Crippen LogP contribution in [-0.4, -0.2) is 39.8 Å². The van der Waals surface area contributed by atoms with Gasteiger partial charge in [-0.3, -0.25) is 0 Å². The van der Waals surface area contributed by atoms with Crippen LogP contribution in [0.2, 0.25) is 0 Å². The molecule has 2 saturated heterocycles. The molecule has 2 heterocycles. The number of fused-ring (bicyclic) bond motifs is 2. The number of nitrogens with zero attached hydrogens (tertiary/aromatic N) is 1. The predicted octanol–water partition coefficient (Wildman–Crippen LogP) is 1.81. The van der Waals surface area contributed by atoms with E-state index in [9.17, 15) is 8.42 Å². The van der Waals surface area contributed by atoms with Crippen molar-refractivity contribution in [3.63, 3.8) is 0 Å². The molecule has 2 aliphatic rings. The van der Waals surface area contributed by atoms with Gasteiger partial charge in [0.05, 0.1) is 4.90 Å². The number of nitrogens with one attached hydrogen (secondary N) is 1. The molecule has 2 unspecified atom stereocenters. The lowest BCUT2D eigenvalue weighted by molar-refractivity contribution is 0.355. The molecular weight excluding hydrogens is 272 g/mol. The van der Waals surface area contributed by atoms with Crippen molar-refractivity contribution in [2.45, 2.75) is 48.7 Å². The molecule has 3 rings (SSSR count). The first-order valence-electron chi connectivity index (χ1n) is 7.22. The summed E-state index contributed by atoms with van der Waals surface area (Å²) in [7, 11) is -0.990. The maximum Gasteiger partial charge on any atom is 0.175 e. The molecule has 2 fully saturated rings. The summed E-state index contributed by atoms with van der Waals surface area (Å²) in [6.07, 6.45) is 6.20. The quantitative estimate of drug-likeness (QED) is 0.923. The fourth-order valence-corrected chi connectivity index (χ4v) is 4.11. The highest BCUT2D eigenvalue weighted by molar-refractivity contribution is 7.90. The van der Waals surface area contributed by atoms with Crippen LogP contribution in [0.4, 0.5) is 5.69 Å². The van der Waals surface area contributed by atoms with Gasteiger partial charge in [-0.1, -0.05) is 0 Å². The smallest absolute Gasteiger partial charge is 0.175 e. The fourth-order valence-electron chi connectivity index (χ4n) is 3.48. The van der Waals surface area contributed by atoms with E-state index in [1.165, 1.54) is 31.9 Å². The van der Waals surface area contributed by atoms with Crippen molar-refractivity contribution < 1.29 is 8.42 Å². The molecule has 0 radical (unpaired) electrons. The van der Waals surface area contributed by atoms with Gasteiger partial charge >= 0.3 is 0 Å². The SMILES string of the molecule is CN(c1ccc(S(C)(=O)=O)cc1)C1CC2CCC(C1)N2.